The van der Waals surface area contributed by atoms with Crippen LogP contribution in [-0.2, 0) is 20.9 Å². The van der Waals surface area contributed by atoms with Gasteiger partial charge in [-0.25, -0.2) is 0 Å². The second kappa shape index (κ2) is 10.2. The maximum atomic E-state index is 12.9. The predicted molar refractivity (Wildman–Crippen MR) is 119 cm³/mol. The molecule has 0 spiro atoms. The number of ether oxygens (including phenoxy) is 1. The number of carbonyl (C=O) groups is 2. The van der Waals surface area contributed by atoms with Crippen LogP contribution in [0.5, 0.6) is 0 Å². The lowest BCUT2D eigenvalue weighted by molar-refractivity contribution is -0.143. The van der Waals surface area contributed by atoms with Crippen LogP contribution in [0.3, 0.4) is 0 Å². The van der Waals surface area contributed by atoms with Crippen LogP contribution >= 0.6 is 0 Å². The Morgan fingerprint density at radius 2 is 2.10 bits per heavy atom. The molecule has 1 amide bonds. The van der Waals surface area contributed by atoms with Crippen LogP contribution in [0, 0.1) is 5.92 Å². The first kappa shape index (κ1) is 22.5. The Bertz CT molecular complexity index is 986. The van der Waals surface area contributed by atoms with E-state index in [9.17, 15) is 14.4 Å². The normalized spacial score (nSPS) is 16.3. The first-order valence-corrected chi connectivity index (χ1v) is 10.7. The van der Waals surface area contributed by atoms with E-state index >= 15 is 0 Å². The molecule has 1 saturated heterocycles. The van der Waals surface area contributed by atoms with E-state index in [-0.39, 0.29) is 30.5 Å². The molecule has 1 fully saturated rings. The van der Waals surface area contributed by atoms with E-state index in [0.717, 1.165) is 25.1 Å². The molecule has 0 aromatic carbocycles. The van der Waals surface area contributed by atoms with Crippen molar-refractivity contribution in [3.63, 3.8) is 0 Å². The highest BCUT2D eigenvalue weighted by molar-refractivity contribution is 5.93. The molecule has 1 atom stereocenters. The highest BCUT2D eigenvalue weighted by Crippen LogP contribution is 2.26. The van der Waals surface area contributed by atoms with Gasteiger partial charge in [0.25, 0.3) is 5.56 Å². The van der Waals surface area contributed by atoms with Crippen LogP contribution in [0.4, 0.5) is 11.4 Å². The zero-order valence-electron chi connectivity index (χ0n) is 18.3. The summed E-state index contributed by atoms with van der Waals surface area (Å²) < 4.78 is 6.14. The maximum absolute atomic E-state index is 12.9. The van der Waals surface area contributed by atoms with Crippen molar-refractivity contribution in [3.8, 4) is 0 Å². The molecule has 31 heavy (non-hydrogen) atoms. The third-order valence-electron chi connectivity index (χ3n) is 5.42. The first-order valence-electron chi connectivity index (χ1n) is 10.7. The Morgan fingerprint density at radius 3 is 2.84 bits per heavy atom. The lowest BCUT2D eigenvalue weighted by Gasteiger charge is -2.33. The summed E-state index contributed by atoms with van der Waals surface area (Å²) in [7, 11) is 0. The van der Waals surface area contributed by atoms with Gasteiger partial charge < -0.3 is 19.5 Å². The van der Waals surface area contributed by atoms with Crippen LogP contribution < -0.4 is 15.8 Å². The summed E-state index contributed by atoms with van der Waals surface area (Å²) in [4.78, 5) is 43.2. The van der Waals surface area contributed by atoms with Gasteiger partial charge >= 0.3 is 5.97 Å². The van der Waals surface area contributed by atoms with Crippen LogP contribution in [0.25, 0.3) is 0 Å². The fourth-order valence-electron chi connectivity index (χ4n) is 3.68. The monoisotopic (exact) mass is 426 g/mol. The molecule has 0 bridgehead atoms. The predicted octanol–water partition coefficient (Wildman–Crippen LogP) is 2.78. The molecular formula is C23H30N4O4. The third-order valence-corrected chi connectivity index (χ3v) is 5.42. The molecular weight excluding hydrogens is 396 g/mol. The zero-order chi connectivity index (χ0) is 22.4. The summed E-state index contributed by atoms with van der Waals surface area (Å²) in [5.74, 6) is -0.379. The molecule has 8 heteroatoms. The van der Waals surface area contributed by atoms with Crippen molar-refractivity contribution in [2.45, 2.75) is 46.1 Å². The van der Waals surface area contributed by atoms with Gasteiger partial charge in [-0.05, 0) is 43.4 Å². The minimum absolute atomic E-state index is 0.0981. The maximum Gasteiger partial charge on any atom is 0.326 e. The van der Waals surface area contributed by atoms with E-state index in [2.05, 4.69) is 35.1 Å². The Labute approximate surface area is 182 Å². The van der Waals surface area contributed by atoms with Crippen molar-refractivity contribution in [2.75, 3.05) is 29.9 Å². The first-order chi connectivity index (χ1) is 14.9. The Morgan fingerprint density at radius 1 is 1.29 bits per heavy atom. The Balaban J connectivity index is 1.67. The average molecular weight is 427 g/mol. The van der Waals surface area contributed by atoms with Crippen molar-refractivity contribution in [3.05, 3.63) is 52.7 Å². The second-order valence-corrected chi connectivity index (χ2v) is 8.09. The van der Waals surface area contributed by atoms with E-state index in [1.807, 2.05) is 12.4 Å². The van der Waals surface area contributed by atoms with Gasteiger partial charge in [-0.1, -0.05) is 13.8 Å². The SMILES string of the molecule is CCOC(=O)Cn1cc(NC(=O)[C@H]2CCCN(c3cncc(C(C)C)c3)C2)ccc1=O. The number of pyridine rings is 2. The summed E-state index contributed by atoms with van der Waals surface area (Å²) >= 11 is 0. The standard InChI is InChI=1S/C23H30N4O4/c1-4-31-22(29)15-27-14-19(7-8-21(27)28)25-23(30)17-6-5-9-26(13-17)20-10-18(16(2)3)11-24-12-20/h7-8,10-12,14,16-17H,4-6,9,13,15H2,1-3H3,(H,25,30)/t17-/m0/s1. The molecule has 2 aromatic heterocycles. The number of anilines is 2. The minimum Gasteiger partial charge on any atom is -0.465 e. The van der Waals surface area contributed by atoms with E-state index in [1.165, 1.54) is 22.4 Å². The van der Waals surface area contributed by atoms with Crippen molar-refractivity contribution < 1.29 is 14.3 Å². The fraction of sp³-hybridized carbons (Fsp3) is 0.478. The number of rotatable bonds is 7. The number of hydrogen-bond donors (Lipinski definition) is 1. The molecule has 0 radical (unpaired) electrons. The highest BCUT2D eigenvalue weighted by Gasteiger charge is 2.26. The van der Waals surface area contributed by atoms with E-state index in [0.29, 0.717) is 18.2 Å². The number of aromatic nitrogens is 2. The van der Waals surface area contributed by atoms with Crippen LogP contribution in [0.15, 0.2) is 41.6 Å². The van der Waals surface area contributed by atoms with Gasteiger partial charge in [0, 0.05) is 31.5 Å². The molecule has 1 aliphatic rings. The number of amides is 1. The summed E-state index contributed by atoms with van der Waals surface area (Å²) in [6.45, 7) is 7.53. The lowest BCUT2D eigenvalue weighted by Crippen LogP contribution is -2.41. The van der Waals surface area contributed by atoms with Gasteiger partial charge in [0.2, 0.25) is 5.91 Å². The zero-order valence-corrected chi connectivity index (χ0v) is 18.3. The van der Waals surface area contributed by atoms with E-state index in [4.69, 9.17) is 4.74 Å². The Hall–Kier alpha value is -3.16. The molecule has 0 aliphatic carbocycles. The fourth-order valence-corrected chi connectivity index (χ4v) is 3.68. The Kier molecular flexibility index (Phi) is 7.44. The number of nitrogens with zero attached hydrogens (tertiary/aromatic N) is 3. The summed E-state index contributed by atoms with van der Waals surface area (Å²) in [5.41, 5.74) is 2.36. The molecule has 0 unspecified atom stereocenters. The smallest absolute Gasteiger partial charge is 0.326 e. The summed E-state index contributed by atoms with van der Waals surface area (Å²) in [6.07, 6.45) is 6.91. The number of nitrogens with one attached hydrogen (secondary N) is 1. The molecule has 1 N–H and O–H groups in total. The number of esters is 1. The van der Waals surface area contributed by atoms with Gasteiger partial charge in [0.1, 0.15) is 6.54 Å². The molecule has 3 rings (SSSR count). The van der Waals surface area contributed by atoms with Gasteiger partial charge in [-0.15, -0.1) is 0 Å². The minimum atomic E-state index is -0.492. The van der Waals surface area contributed by atoms with Crippen molar-refractivity contribution in [1.29, 1.82) is 0 Å². The number of carbonyl (C=O) groups excluding carboxylic acids is 2. The van der Waals surface area contributed by atoms with Gasteiger partial charge in [-0.2, -0.15) is 0 Å². The van der Waals surface area contributed by atoms with Gasteiger partial charge in [-0.3, -0.25) is 19.4 Å². The lowest BCUT2D eigenvalue weighted by atomic mass is 9.96. The molecule has 0 saturated carbocycles. The highest BCUT2D eigenvalue weighted by atomic mass is 16.5. The van der Waals surface area contributed by atoms with Crippen LogP contribution in [0.1, 0.15) is 45.1 Å². The van der Waals surface area contributed by atoms with E-state index < -0.39 is 5.97 Å². The van der Waals surface area contributed by atoms with Crippen LogP contribution in [0.2, 0.25) is 0 Å². The van der Waals surface area contributed by atoms with Crippen molar-refractivity contribution in [1.82, 2.24) is 9.55 Å². The van der Waals surface area contributed by atoms with Crippen molar-refractivity contribution in [2.24, 2.45) is 5.92 Å². The molecule has 8 nitrogen and oxygen atoms in total. The van der Waals surface area contributed by atoms with Crippen molar-refractivity contribution >= 4 is 23.3 Å². The molecule has 2 aromatic rings. The topological polar surface area (TPSA) is 93.5 Å². The van der Waals surface area contributed by atoms with Gasteiger partial charge in [0.05, 0.1) is 30.1 Å². The number of hydrogen-bond acceptors (Lipinski definition) is 6. The quantitative estimate of drug-likeness (QED) is 0.685. The second-order valence-electron chi connectivity index (χ2n) is 8.09. The van der Waals surface area contributed by atoms with E-state index in [1.54, 1.807) is 13.0 Å². The summed E-state index contributed by atoms with van der Waals surface area (Å²) in [5, 5.41) is 2.89. The average Bonchev–Trinajstić information content (AvgIpc) is 2.76. The molecule has 1 aliphatic heterocycles. The molecule has 3 heterocycles. The number of piperidine rings is 1. The third kappa shape index (κ3) is 5.93. The largest absolute Gasteiger partial charge is 0.465 e. The molecule has 166 valence electrons. The summed E-state index contributed by atoms with van der Waals surface area (Å²) in [6, 6.07) is 5.03. The van der Waals surface area contributed by atoms with Gasteiger partial charge in [0.15, 0.2) is 0 Å². The van der Waals surface area contributed by atoms with Crippen LogP contribution in [-0.4, -0.2) is 41.1 Å².